The van der Waals surface area contributed by atoms with E-state index in [4.69, 9.17) is 0 Å². The van der Waals surface area contributed by atoms with Crippen LogP contribution in [0.15, 0.2) is 12.7 Å². The van der Waals surface area contributed by atoms with E-state index in [2.05, 4.69) is 10.8 Å². The van der Waals surface area contributed by atoms with Crippen LogP contribution >= 0.6 is 0 Å². The van der Waals surface area contributed by atoms with Gasteiger partial charge >= 0.3 is 0 Å². The van der Waals surface area contributed by atoms with Gasteiger partial charge in [0.05, 0.1) is 12.9 Å². The van der Waals surface area contributed by atoms with Crippen molar-refractivity contribution in [1.29, 1.82) is 0 Å². The Morgan fingerprint density at radius 3 is 2.50 bits per heavy atom. The molecule has 0 aliphatic heterocycles. The molecule has 0 saturated carbocycles. The Hall–Kier alpha value is -0.350. The van der Waals surface area contributed by atoms with Crippen molar-refractivity contribution < 1.29 is 12.6 Å². The molecule has 0 saturated heterocycles. The Kier molecular flexibility index (Phi) is 5.17. The van der Waals surface area contributed by atoms with Crippen LogP contribution in [0.25, 0.3) is 0 Å². The van der Waals surface area contributed by atoms with E-state index in [0.717, 1.165) is 12.7 Å². The Labute approximate surface area is 74.6 Å². The van der Waals surface area contributed by atoms with Crippen molar-refractivity contribution in [3.05, 3.63) is 12.7 Å². The first-order valence-corrected chi connectivity index (χ1v) is 5.78. The summed E-state index contributed by atoms with van der Waals surface area (Å²) in [6, 6.07) is 0. The predicted molar refractivity (Wildman–Crippen MR) is 49.4 cm³/mol. The highest BCUT2D eigenvalue weighted by molar-refractivity contribution is 7.85. The number of rotatable bonds is 6. The van der Waals surface area contributed by atoms with Crippen LogP contribution in [0.2, 0.25) is 0 Å². The average Bonchev–Trinajstić information content (AvgIpc) is 1.96. The first-order chi connectivity index (χ1) is 5.49. The second kappa shape index (κ2) is 5.32. The van der Waals surface area contributed by atoms with Crippen LogP contribution in [0, 0.1) is 5.92 Å². The van der Waals surface area contributed by atoms with Crippen molar-refractivity contribution in [1.82, 2.24) is 0 Å². The third-order valence-electron chi connectivity index (χ3n) is 1.64. The molecule has 4 heteroatoms. The van der Waals surface area contributed by atoms with E-state index in [1.165, 1.54) is 0 Å². The second-order valence-corrected chi connectivity index (χ2v) is 4.36. The van der Waals surface area contributed by atoms with Crippen molar-refractivity contribution in [2.24, 2.45) is 5.92 Å². The van der Waals surface area contributed by atoms with E-state index in [-0.39, 0.29) is 6.61 Å². The standard InChI is InChI=1S/C8H16O3S/c1-4-8(5-2)6-7-11-12(3,9)10/h4,8H,1,5-7H2,2-3H3. The maximum Gasteiger partial charge on any atom is 0.264 e. The first kappa shape index (κ1) is 11.6. The lowest BCUT2D eigenvalue weighted by Crippen LogP contribution is -2.07. The number of hydrogen-bond acceptors (Lipinski definition) is 3. The van der Waals surface area contributed by atoms with Crippen LogP contribution in [-0.4, -0.2) is 21.3 Å². The lowest BCUT2D eigenvalue weighted by Gasteiger charge is -2.07. The molecule has 0 aliphatic carbocycles. The lowest BCUT2D eigenvalue weighted by molar-refractivity contribution is 0.296. The summed E-state index contributed by atoms with van der Waals surface area (Å²) in [4.78, 5) is 0. The summed E-state index contributed by atoms with van der Waals surface area (Å²) < 4.78 is 25.7. The molecule has 72 valence electrons. The van der Waals surface area contributed by atoms with Gasteiger partial charge in [0, 0.05) is 0 Å². The molecule has 0 bridgehead atoms. The lowest BCUT2D eigenvalue weighted by atomic mass is 10.0. The molecule has 0 rings (SSSR count). The molecule has 3 nitrogen and oxygen atoms in total. The van der Waals surface area contributed by atoms with E-state index in [9.17, 15) is 8.42 Å². The topological polar surface area (TPSA) is 43.4 Å². The molecule has 0 radical (unpaired) electrons. The zero-order chi connectivity index (χ0) is 9.61. The molecule has 0 aromatic carbocycles. The predicted octanol–water partition coefficient (Wildman–Crippen LogP) is 1.56. The quantitative estimate of drug-likeness (QED) is 0.474. The maximum atomic E-state index is 10.5. The Morgan fingerprint density at radius 2 is 2.17 bits per heavy atom. The van der Waals surface area contributed by atoms with Gasteiger partial charge in [0.25, 0.3) is 10.1 Å². The molecule has 0 fully saturated rings. The number of hydrogen-bond donors (Lipinski definition) is 0. The van der Waals surface area contributed by atoms with Crippen LogP contribution in [-0.2, 0) is 14.3 Å². The first-order valence-electron chi connectivity index (χ1n) is 3.96. The van der Waals surface area contributed by atoms with Gasteiger partial charge in [0.2, 0.25) is 0 Å². The highest BCUT2D eigenvalue weighted by Gasteiger charge is 2.04. The Balaban J connectivity index is 3.62. The van der Waals surface area contributed by atoms with Crippen LogP contribution in [0.1, 0.15) is 19.8 Å². The van der Waals surface area contributed by atoms with E-state index >= 15 is 0 Å². The van der Waals surface area contributed by atoms with Gasteiger partial charge in [0.1, 0.15) is 0 Å². The van der Waals surface area contributed by atoms with E-state index < -0.39 is 10.1 Å². The van der Waals surface area contributed by atoms with Gasteiger partial charge < -0.3 is 0 Å². The minimum absolute atomic E-state index is 0.253. The molecule has 0 spiro atoms. The summed E-state index contributed by atoms with van der Waals surface area (Å²) in [5, 5.41) is 0. The highest BCUT2D eigenvalue weighted by atomic mass is 32.2. The zero-order valence-electron chi connectivity index (χ0n) is 7.62. The second-order valence-electron chi connectivity index (χ2n) is 2.72. The van der Waals surface area contributed by atoms with Crippen molar-refractivity contribution in [2.75, 3.05) is 12.9 Å². The molecule has 12 heavy (non-hydrogen) atoms. The molecular weight excluding hydrogens is 176 g/mol. The summed E-state index contributed by atoms with van der Waals surface area (Å²) in [5.74, 6) is 0.353. The summed E-state index contributed by atoms with van der Waals surface area (Å²) in [6.45, 7) is 5.93. The third kappa shape index (κ3) is 6.37. The average molecular weight is 192 g/mol. The SMILES string of the molecule is C=CC(CC)CCOS(C)(=O)=O. The molecule has 0 amide bonds. The fourth-order valence-electron chi connectivity index (χ4n) is 0.840. The molecule has 0 heterocycles. The van der Waals surface area contributed by atoms with Gasteiger partial charge in [-0.15, -0.1) is 6.58 Å². The van der Waals surface area contributed by atoms with Gasteiger partial charge in [0.15, 0.2) is 0 Å². The zero-order valence-corrected chi connectivity index (χ0v) is 8.43. The molecule has 0 aliphatic rings. The number of allylic oxidation sites excluding steroid dienone is 1. The van der Waals surface area contributed by atoms with E-state index in [1.54, 1.807) is 0 Å². The van der Waals surface area contributed by atoms with E-state index in [1.807, 2.05) is 13.0 Å². The van der Waals surface area contributed by atoms with Crippen LogP contribution < -0.4 is 0 Å². The normalized spacial score (nSPS) is 14.2. The minimum atomic E-state index is -3.27. The molecule has 1 unspecified atom stereocenters. The molecule has 0 aromatic heterocycles. The van der Waals surface area contributed by atoms with Crippen molar-refractivity contribution in [3.63, 3.8) is 0 Å². The molecule has 0 aromatic rings. The summed E-state index contributed by atoms with van der Waals surface area (Å²) in [5.41, 5.74) is 0. The monoisotopic (exact) mass is 192 g/mol. The molecular formula is C8H16O3S. The van der Waals surface area contributed by atoms with Crippen molar-refractivity contribution >= 4 is 10.1 Å². The Morgan fingerprint density at radius 1 is 1.58 bits per heavy atom. The minimum Gasteiger partial charge on any atom is -0.270 e. The molecule has 1 atom stereocenters. The van der Waals surface area contributed by atoms with Gasteiger partial charge in [-0.25, -0.2) is 0 Å². The summed E-state index contributed by atoms with van der Waals surface area (Å²) in [7, 11) is -3.27. The van der Waals surface area contributed by atoms with Gasteiger partial charge in [-0.3, -0.25) is 4.18 Å². The smallest absolute Gasteiger partial charge is 0.264 e. The Bertz CT molecular complexity index is 218. The fraction of sp³-hybridized carbons (Fsp3) is 0.750. The van der Waals surface area contributed by atoms with Gasteiger partial charge in [-0.1, -0.05) is 13.0 Å². The third-order valence-corrected chi connectivity index (χ3v) is 2.24. The van der Waals surface area contributed by atoms with Gasteiger partial charge in [-0.2, -0.15) is 8.42 Å². The van der Waals surface area contributed by atoms with Crippen LogP contribution in [0.5, 0.6) is 0 Å². The van der Waals surface area contributed by atoms with Crippen LogP contribution in [0.4, 0.5) is 0 Å². The maximum absolute atomic E-state index is 10.5. The molecule has 0 N–H and O–H groups in total. The largest absolute Gasteiger partial charge is 0.270 e. The van der Waals surface area contributed by atoms with Crippen molar-refractivity contribution in [3.8, 4) is 0 Å². The summed E-state index contributed by atoms with van der Waals surface area (Å²) >= 11 is 0. The van der Waals surface area contributed by atoms with E-state index in [0.29, 0.717) is 12.3 Å². The van der Waals surface area contributed by atoms with Gasteiger partial charge in [-0.05, 0) is 18.8 Å². The van der Waals surface area contributed by atoms with Crippen molar-refractivity contribution in [2.45, 2.75) is 19.8 Å². The highest BCUT2D eigenvalue weighted by Crippen LogP contribution is 2.09. The summed E-state index contributed by atoms with van der Waals surface area (Å²) in [6.07, 6.45) is 4.57. The van der Waals surface area contributed by atoms with Crippen LogP contribution in [0.3, 0.4) is 0 Å². The fourth-order valence-corrected chi connectivity index (χ4v) is 1.24.